The van der Waals surface area contributed by atoms with Crippen LogP contribution in [0.4, 0.5) is 5.69 Å². The van der Waals surface area contributed by atoms with Crippen LogP contribution in [0, 0.1) is 6.92 Å². The number of hydrazone groups is 1. The molecule has 5 heteroatoms. The SMILES string of the molecule is Cc1ccc(C=NNc2ccnc3cc(Cl)ccc23)s1. The van der Waals surface area contributed by atoms with Gasteiger partial charge in [0.05, 0.1) is 17.4 Å². The average molecular weight is 302 g/mol. The van der Waals surface area contributed by atoms with Crippen molar-refractivity contribution in [2.45, 2.75) is 6.92 Å². The molecule has 2 aromatic heterocycles. The number of aryl methyl sites for hydroxylation is 1. The predicted octanol–water partition coefficient (Wildman–Crippen LogP) is 4.70. The normalized spacial score (nSPS) is 11.3. The molecule has 0 aliphatic heterocycles. The minimum Gasteiger partial charge on any atom is -0.278 e. The number of rotatable bonds is 3. The summed E-state index contributed by atoms with van der Waals surface area (Å²) >= 11 is 7.68. The lowest BCUT2D eigenvalue weighted by Crippen LogP contribution is -1.91. The number of thiophene rings is 1. The first kappa shape index (κ1) is 13.1. The van der Waals surface area contributed by atoms with Gasteiger partial charge in [0.25, 0.3) is 0 Å². The van der Waals surface area contributed by atoms with Crippen LogP contribution in [0.2, 0.25) is 5.02 Å². The third kappa shape index (κ3) is 2.81. The number of hydrogen-bond acceptors (Lipinski definition) is 4. The Kier molecular flexibility index (Phi) is 3.67. The van der Waals surface area contributed by atoms with Crippen LogP contribution < -0.4 is 5.43 Å². The minimum absolute atomic E-state index is 0.680. The zero-order valence-electron chi connectivity index (χ0n) is 10.8. The molecular weight excluding hydrogens is 290 g/mol. The number of benzene rings is 1. The van der Waals surface area contributed by atoms with Crippen LogP contribution in [-0.2, 0) is 0 Å². The van der Waals surface area contributed by atoms with E-state index >= 15 is 0 Å². The van der Waals surface area contributed by atoms with Crippen molar-refractivity contribution < 1.29 is 0 Å². The maximum Gasteiger partial charge on any atom is 0.0738 e. The van der Waals surface area contributed by atoms with Crippen LogP contribution in [-0.4, -0.2) is 11.2 Å². The molecule has 0 spiro atoms. The molecule has 0 radical (unpaired) electrons. The van der Waals surface area contributed by atoms with E-state index in [1.165, 1.54) is 4.88 Å². The Hall–Kier alpha value is -1.91. The van der Waals surface area contributed by atoms with Crippen LogP contribution in [0.15, 0.2) is 47.7 Å². The Morgan fingerprint density at radius 1 is 1.25 bits per heavy atom. The molecule has 0 aliphatic carbocycles. The maximum atomic E-state index is 5.97. The zero-order chi connectivity index (χ0) is 13.9. The van der Waals surface area contributed by atoms with Crippen molar-refractivity contribution >= 4 is 45.7 Å². The lowest BCUT2D eigenvalue weighted by Gasteiger charge is -2.04. The molecule has 0 atom stereocenters. The van der Waals surface area contributed by atoms with Crippen molar-refractivity contribution in [1.29, 1.82) is 0 Å². The summed E-state index contributed by atoms with van der Waals surface area (Å²) in [6, 6.07) is 11.7. The second-order valence-corrected chi connectivity index (χ2v) is 6.09. The van der Waals surface area contributed by atoms with Crippen molar-refractivity contribution in [2.75, 3.05) is 5.43 Å². The summed E-state index contributed by atoms with van der Waals surface area (Å²) in [6.07, 6.45) is 3.56. The number of pyridine rings is 1. The standard InChI is InChI=1S/C15H12ClN3S/c1-10-2-4-12(20-10)9-18-19-14-6-7-17-15-8-11(16)3-5-13(14)15/h2-9H,1H3,(H,17,19). The molecule has 1 aromatic carbocycles. The van der Waals surface area contributed by atoms with Gasteiger partial charge in [0, 0.05) is 26.4 Å². The molecule has 2 heterocycles. The van der Waals surface area contributed by atoms with Gasteiger partial charge in [0.1, 0.15) is 0 Å². The number of nitrogens with one attached hydrogen (secondary N) is 1. The highest BCUT2D eigenvalue weighted by Gasteiger charge is 2.01. The summed E-state index contributed by atoms with van der Waals surface area (Å²) in [4.78, 5) is 6.69. The van der Waals surface area contributed by atoms with E-state index in [0.717, 1.165) is 21.5 Å². The number of nitrogens with zero attached hydrogens (tertiary/aromatic N) is 2. The average Bonchev–Trinajstić information content (AvgIpc) is 2.84. The quantitative estimate of drug-likeness (QED) is 0.562. The van der Waals surface area contributed by atoms with Crippen LogP contribution in [0.25, 0.3) is 10.9 Å². The Labute approximate surface area is 125 Å². The van der Waals surface area contributed by atoms with Gasteiger partial charge in [-0.3, -0.25) is 10.4 Å². The predicted molar refractivity (Wildman–Crippen MR) is 87.0 cm³/mol. The molecule has 0 amide bonds. The van der Waals surface area contributed by atoms with Crippen LogP contribution in [0.1, 0.15) is 9.75 Å². The third-order valence-corrected chi connectivity index (χ3v) is 4.01. The van der Waals surface area contributed by atoms with E-state index in [-0.39, 0.29) is 0 Å². The Bertz CT molecular complexity index is 780. The number of hydrogen-bond donors (Lipinski definition) is 1. The topological polar surface area (TPSA) is 37.3 Å². The van der Waals surface area contributed by atoms with Gasteiger partial charge >= 0.3 is 0 Å². The first-order valence-electron chi connectivity index (χ1n) is 6.12. The van der Waals surface area contributed by atoms with Crippen LogP contribution in [0.5, 0.6) is 0 Å². The molecule has 0 saturated heterocycles. The highest BCUT2D eigenvalue weighted by molar-refractivity contribution is 7.13. The number of anilines is 1. The van der Waals surface area contributed by atoms with Crippen molar-refractivity contribution in [3.05, 3.63) is 57.4 Å². The van der Waals surface area contributed by atoms with E-state index in [9.17, 15) is 0 Å². The van der Waals surface area contributed by atoms with Gasteiger partial charge < -0.3 is 0 Å². The van der Waals surface area contributed by atoms with Crippen molar-refractivity contribution in [2.24, 2.45) is 5.10 Å². The van der Waals surface area contributed by atoms with E-state index in [0.29, 0.717) is 5.02 Å². The maximum absolute atomic E-state index is 5.97. The molecule has 1 N–H and O–H groups in total. The lowest BCUT2D eigenvalue weighted by molar-refractivity contribution is 1.34. The molecular formula is C15H12ClN3S. The van der Waals surface area contributed by atoms with E-state index in [4.69, 9.17) is 11.6 Å². The van der Waals surface area contributed by atoms with Gasteiger partial charge in [0.2, 0.25) is 0 Å². The summed E-state index contributed by atoms with van der Waals surface area (Å²) in [7, 11) is 0. The third-order valence-electron chi connectivity index (χ3n) is 2.84. The monoisotopic (exact) mass is 301 g/mol. The second kappa shape index (κ2) is 5.61. The highest BCUT2D eigenvalue weighted by atomic mass is 35.5. The molecule has 100 valence electrons. The summed E-state index contributed by atoms with van der Waals surface area (Å²) in [5.74, 6) is 0. The van der Waals surface area contributed by atoms with Crippen molar-refractivity contribution in [1.82, 2.24) is 4.98 Å². The molecule has 3 aromatic rings. The molecule has 0 fully saturated rings. The highest BCUT2D eigenvalue weighted by Crippen LogP contribution is 2.24. The van der Waals surface area contributed by atoms with Gasteiger partial charge in [0.15, 0.2) is 0 Å². The van der Waals surface area contributed by atoms with Crippen molar-refractivity contribution in [3.8, 4) is 0 Å². The summed E-state index contributed by atoms with van der Waals surface area (Å²) < 4.78 is 0. The zero-order valence-corrected chi connectivity index (χ0v) is 12.4. The largest absolute Gasteiger partial charge is 0.278 e. The van der Waals surface area contributed by atoms with E-state index in [2.05, 4.69) is 34.6 Å². The molecule has 0 aliphatic rings. The Morgan fingerprint density at radius 2 is 2.15 bits per heavy atom. The fraction of sp³-hybridized carbons (Fsp3) is 0.0667. The van der Waals surface area contributed by atoms with E-state index in [1.54, 1.807) is 17.5 Å². The van der Waals surface area contributed by atoms with Gasteiger partial charge in [-0.15, -0.1) is 11.3 Å². The van der Waals surface area contributed by atoms with Crippen molar-refractivity contribution in [3.63, 3.8) is 0 Å². The number of halogens is 1. The van der Waals surface area contributed by atoms with Crippen LogP contribution in [0.3, 0.4) is 0 Å². The first-order chi connectivity index (χ1) is 9.72. The van der Waals surface area contributed by atoms with Gasteiger partial charge in [-0.05, 0) is 43.3 Å². The molecule has 0 bridgehead atoms. The van der Waals surface area contributed by atoms with Crippen LogP contribution >= 0.6 is 22.9 Å². The number of aromatic nitrogens is 1. The molecule has 0 unspecified atom stereocenters. The lowest BCUT2D eigenvalue weighted by atomic mass is 10.2. The fourth-order valence-electron chi connectivity index (χ4n) is 1.91. The smallest absolute Gasteiger partial charge is 0.0738 e. The minimum atomic E-state index is 0.680. The Morgan fingerprint density at radius 3 is 2.95 bits per heavy atom. The number of fused-ring (bicyclic) bond motifs is 1. The Balaban J connectivity index is 1.86. The fourth-order valence-corrected chi connectivity index (χ4v) is 2.82. The molecule has 3 rings (SSSR count). The van der Waals surface area contributed by atoms with Gasteiger partial charge in [-0.2, -0.15) is 5.10 Å². The molecule has 3 nitrogen and oxygen atoms in total. The van der Waals surface area contributed by atoms with E-state index in [1.807, 2.05) is 30.5 Å². The first-order valence-corrected chi connectivity index (χ1v) is 7.31. The van der Waals surface area contributed by atoms with Gasteiger partial charge in [-0.25, -0.2) is 0 Å². The van der Waals surface area contributed by atoms with Gasteiger partial charge in [-0.1, -0.05) is 11.6 Å². The van der Waals surface area contributed by atoms with E-state index < -0.39 is 0 Å². The summed E-state index contributed by atoms with van der Waals surface area (Å²) in [5, 5.41) is 5.95. The molecule has 20 heavy (non-hydrogen) atoms. The molecule has 0 saturated carbocycles. The second-order valence-electron chi connectivity index (χ2n) is 4.34. The summed E-state index contributed by atoms with van der Waals surface area (Å²) in [6.45, 7) is 2.08. The summed E-state index contributed by atoms with van der Waals surface area (Å²) in [5.41, 5.74) is 4.82.